The number of nitrogens with zero attached hydrogens (tertiary/aromatic N) is 3. The van der Waals surface area contributed by atoms with Gasteiger partial charge in [0, 0.05) is 31.1 Å². The second kappa shape index (κ2) is 5.96. The molecule has 0 saturated carbocycles. The van der Waals surface area contributed by atoms with Crippen LogP contribution in [0.1, 0.15) is 11.1 Å². The number of aromatic nitrogens is 2. The molecule has 1 aliphatic rings. The molecule has 5 N–H and O–H groups in total. The fourth-order valence-corrected chi connectivity index (χ4v) is 2.63. The molecule has 1 aliphatic heterocycles. The Labute approximate surface area is 132 Å². The Kier molecular flexibility index (Phi) is 3.99. The van der Waals surface area contributed by atoms with Crippen LogP contribution < -0.4 is 21.7 Å². The van der Waals surface area contributed by atoms with Crippen LogP contribution in [0, 0.1) is 11.6 Å². The van der Waals surface area contributed by atoms with Crippen molar-refractivity contribution >= 4 is 17.6 Å². The second-order valence-corrected chi connectivity index (χ2v) is 5.59. The first kappa shape index (κ1) is 15.4. The zero-order valence-corrected chi connectivity index (χ0v) is 12.7. The monoisotopic (exact) mass is 320 g/mol. The lowest BCUT2D eigenvalue weighted by Gasteiger charge is -2.41. The Morgan fingerprint density at radius 1 is 1.22 bits per heavy atom. The molecule has 0 unspecified atom stereocenters. The zero-order valence-electron chi connectivity index (χ0n) is 12.7. The van der Waals surface area contributed by atoms with Crippen LogP contribution in [0.3, 0.4) is 0 Å². The van der Waals surface area contributed by atoms with Gasteiger partial charge in [0.15, 0.2) is 11.6 Å². The van der Waals surface area contributed by atoms with E-state index in [1.165, 1.54) is 6.07 Å². The predicted molar refractivity (Wildman–Crippen MR) is 85.1 cm³/mol. The lowest BCUT2D eigenvalue weighted by atomic mass is 10.0. The predicted octanol–water partition coefficient (Wildman–Crippen LogP) is 0.918. The summed E-state index contributed by atoms with van der Waals surface area (Å²) in [5.74, 6) is -0.774. The molecule has 0 aliphatic carbocycles. The second-order valence-electron chi connectivity index (χ2n) is 5.59. The van der Waals surface area contributed by atoms with E-state index >= 15 is 0 Å². The third-order valence-electron chi connectivity index (χ3n) is 3.99. The lowest BCUT2D eigenvalue weighted by Crippen LogP contribution is -2.57. The fraction of sp³-hybridized carbons (Fsp3) is 0.333. The summed E-state index contributed by atoms with van der Waals surface area (Å²) in [4.78, 5) is 10.3. The molecule has 122 valence electrons. The number of nitrogen functional groups attached to an aromatic ring is 2. The van der Waals surface area contributed by atoms with Crippen molar-refractivity contribution in [2.45, 2.75) is 12.5 Å². The molecule has 0 atom stereocenters. The molecule has 1 saturated heterocycles. The van der Waals surface area contributed by atoms with Crippen LogP contribution in [0.25, 0.3) is 0 Å². The zero-order chi connectivity index (χ0) is 16.6. The van der Waals surface area contributed by atoms with Crippen molar-refractivity contribution in [1.82, 2.24) is 15.3 Å². The average Bonchev–Trinajstić information content (AvgIpc) is 2.45. The van der Waals surface area contributed by atoms with E-state index in [1.807, 2.05) is 11.9 Å². The van der Waals surface area contributed by atoms with Crippen LogP contribution >= 0.6 is 0 Å². The van der Waals surface area contributed by atoms with Gasteiger partial charge in [-0.2, -0.15) is 9.97 Å². The van der Waals surface area contributed by atoms with Gasteiger partial charge >= 0.3 is 0 Å². The standard InChI is InChI=1S/C15H18F2N6/c1-20-9-6-23(7-9)14-10(13(18)21-15(19)22-14)4-8-2-3-11(16)12(17)5-8/h2-3,5,9,20H,4,6-7H2,1H3,(H4,18,19,21,22). The van der Waals surface area contributed by atoms with Gasteiger partial charge in [0.05, 0.1) is 0 Å². The summed E-state index contributed by atoms with van der Waals surface area (Å²) in [5, 5.41) is 3.17. The molecule has 2 heterocycles. The summed E-state index contributed by atoms with van der Waals surface area (Å²) in [5.41, 5.74) is 12.9. The Balaban J connectivity index is 1.92. The number of hydrogen-bond acceptors (Lipinski definition) is 6. The molecule has 1 fully saturated rings. The van der Waals surface area contributed by atoms with Crippen molar-refractivity contribution < 1.29 is 8.78 Å². The molecule has 6 nitrogen and oxygen atoms in total. The van der Waals surface area contributed by atoms with Gasteiger partial charge in [-0.05, 0) is 24.7 Å². The van der Waals surface area contributed by atoms with Gasteiger partial charge in [-0.15, -0.1) is 0 Å². The highest BCUT2D eigenvalue weighted by atomic mass is 19.2. The maximum atomic E-state index is 13.4. The number of likely N-dealkylation sites (N-methyl/N-ethyl adjacent to an activating group) is 1. The Bertz CT molecular complexity index is 730. The topological polar surface area (TPSA) is 93.1 Å². The maximum Gasteiger partial charge on any atom is 0.223 e. The van der Waals surface area contributed by atoms with E-state index < -0.39 is 11.6 Å². The molecule has 8 heteroatoms. The summed E-state index contributed by atoms with van der Waals surface area (Å²) >= 11 is 0. The molecule has 2 aromatic rings. The summed E-state index contributed by atoms with van der Waals surface area (Å²) in [7, 11) is 1.90. The Morgan fingerprint density at radius 2 is 1.96 bits per heavy atom. The Morgan fingerprint density at radius 3 is 2.61 bits per heavy atom. The molecule has 3 rings (SSSR count). The van der Waals surface area contributed by atoms with Crippen molar-refractivity contribution in [3.8, 4) is 0 Å². The smallest absolute Gasteiger partial charge is 0.223 e. The van der Waals surface area contributed by atoms with E-state index in [1.54, 1.807) is 0 Å². The number of hydrogen-bond donors (Lipinski definition) is 3. The normalized spacial score (nSPS) is 14.8. The third kappa shape index (κ3) is 3.02. The quantitative estimate of drug-likeness (QED) is 0.776. The molecule has 0 amide bonds. The highest BCUT2D eigenvalue weighted by Crippen LogP contribution is 2.29. The van der Waals surface area contributed by atoms with Crippen molar-refractivity contribution in [2.24, 2.45) is 0 Å². The summed E-state index contributed by atoms with van der Waals surface area (Å²) in [6.07, 6.45) is 0.305. The van der Waals surface area contributed by atoms with Gasteiger partial charge in [0.1, 0.15) is 11.6 Å². The molecule has 23 heavy (non-hydrogen) atoms. The minimum Gasteiger partial charge on any atom is -0.383 e. The molecule has 0 radical (unpaired) electrons. The Hall–Kier alpha value is -2.48. The van der Waals surface area contributed by atoms with Crippen molar-refractivity contribution in [1.29, 1.82) is 0 Å². The summed E-state index contributed by atoms with van der Waals surface area (Å²) in [6.45, 7) is 1.55. The van der Waals surface area contributed by atoms with Gasteiger partial charge in [-0.3, -0.25) is 0 Å². The average molecular weight is 320 g/mol. The van der Waals surface area contributed by atoms with Crippen LogP contribution in [0.5, 0.6) is 0 Å². The van der Waals surface area contributed by atoms with Crippen LogP contribution in [0.4, 0.5) is 26.4 Å². The van der Waals surface area contributed by atoms with Gasteiger partial charge < -0.3 is 21.7 Å². The van der Waals surface area contributed by atoms with Gasteiger partial charge in [-0.1, -0.05) is 6.07 Å². The molecular formula is C15H18F2N6. The van der Waals surface area contributed by atoms with Gasteiger partial charge in [0.2, 0.25) is 5.95 Å². The molecule has 1 aromatic heterocycles. The molecule has 0 bridgehead atoms. The minimum atomic E-state index is -0.891. The van der Waals surface area contributed by atoms with E-state index in [2.05, 4.69) is 15.3 Å². The van der Waals surface area contributed by atoms with Crippen LogP contribution in [-0.2, 0) is 6.42 Å². The van der Waals surface area contributed by atoms with Crippen molar-refractivity contribution in [3.63, 3.8) is 0 Å². The van der Waals surface area contributed by atoms with E-state index in [-0.39, 0.29) is 11.8 Å². The minimum absolute atomic E-state index is 0.0967. The van der Waals surface area contributed by atoms with Crippen LogP contribution in [-0.4, -0.2) is 36.1 Å². The highest BCUT2D eigenvalue weighted by molar-refractivity contribution is 5.62. The van der Waals surface area contributed by atoms with E-state index in [4.69, 9.17) is 11.5 Å². The first-order valence-electron chi connectivity index (χ1n) is 7.26. The highest BCUT2D eigenvalue weighted by Gasteiger charge is 2.29. The first-order chi connectivity index (χ1) is 11.0. The number of rotatable bonds is 4. The molecular weight excluding hydrogens is 302 g/mol. The van der Waals surface area contributed by atoms with Crippen molar-refractivity contribution in [2.75, 3.05) is 36.5 Å². The van der Waals surface area contributed by atoms with Crippen LogP contribution in [0.2, 0.25) is 0 Å². The third-order valence-corrected chi connectivity index (χ3v) is 3.99. The largest absolute Gasteiger partial charge is 0.383 e. The number of benzene rings is 1. The number of nitrogens with one attached hydrogen (secondary N) is 1. The fourth-order valence-electron chi connectivity index (χ4n) is 2.63. The van der Waals surface area contributed by atoms with E-state index in [0.29, 0.717) is 29.4 Å². The summed E-state index contributed by atoms with van der Waals surface area (Å²) < 4.78 is 26.5. The van der Waals surface area contributed by atoms with Crippen molar-refractivity contribution in [3.05, 3.63) is 41.0 Å². The maximum absolute atomic E-state index is 13.4. The van der Waals surface area contributed by atoms with E-state index in [0.717, 1.165) is 25.2 Å². The number of halogens is 2. The van der Waals surface area contributed by atoms with E-state index in [9.17, 15) is 8.78 Å². The molecule has 0 spiro atoms. The lowest BCUT2D eigenvalue weighted by molar-refractivity contribution is 0.446. The number of nitrogens with two attached hydrogens (primary N) is 2. The SMILES string of the molecule is CNC1CN(c2nc(N)nc(N)c2Cc2ccc(F)c(F)c2)C1. The van der Waals surface area contributed by atoms with Crippen LogP contribution in [0.15, 0.2) is 18.2 Å². The first-order valence-corrected chi connectivity index (χ1v) is 7.26. The van der Waals surface area contributed by atoms with Gasteiger partial charge in [-0.25, -0.2) is 8.78 Å². The number of anilines is 3. The molecule has 1 aromatic carbocycles. The van der Waals surface area contributed by atoms with Gasteiger partial charge in [0.25, 0.3) is 0 Å². The summed E-state index contributed by atoms with van der Waals surface area (Å²) in [6, 6.07) is 4.15.